The summed E-state index contributed by atoms with van der Waals surface area (Å²) in [7, 11) is 0.707. The minimum Gasteiger partial charge on any atom is -0.361 e. The first-order valence-corrected chi connectivity index (χ1v) is 16.6. The van der Waals surface area contributed by atoms with Crippen LogP contribution in [0.4, 0.5) is 20.4 Å². The number of imidazole rings is 1. The Hall–Kier alpha value is -2.53. The molecule has 1 aromatic heterocycles. The molecule has 2 N–H and O–H groups in total. The Bertz CT molecular complexity index is 1280. The van der Waals surface area contributed by atoms with Crippen molar-refractivity contribution in [2.75, 3.05) is 37.4 Å². The lowest BCUT2D eigenvalue weighted by molar-refractivity contribution is 0.0906. The molecule has 1 amide bonds. The molecule has 0 unspecified atom stereocenters. The number of nitrogens with one attached hydrogen (secondary N) is 2. The summed E-state index contributed by atoms with van der Waals surface area (Å²) in [5.41, 5.74) is 0.371. The van der Waals surface area contributed by atoms with Gasteiger partial charge in [-0.05, 0) is 56.7 Å². The molecule has 37 heavy (non-hydrogen) atoms. The number of rotatable bonds is 9. The molecular formula is C26H34ClF2N5O2Si. The first-order chi connectivity index (χ1) is 17.5. The molecule has 2 aromatic carbocycles. The summed E-state index contributed by atoms with van der Waals surface area (Å²) in [6, 6.07) is 8.56. The van der Waals surface area contributed by atoms with Gasteiger partial charge in [0.2, 0.25) is 5.95 Å². The molecule has 7 nitrogen and oxygen atoms in total. The van der Waals surface area contributed by atoms with Crippen molar-refractivity contribution >= 4 is 48.3 Å². The van der Waals surface area contributed by atoms with Crippen LogP contribution in [-0.2, 0) is 11.5 Å². The van der Waals surface area contributed by atoms with Crippen LogP contribution < -0.4 is 10.6 Å². The van der Waals surface area contributed by atoms with E-state index in [-0.39, 0.29) is 29.4 Å². The molecule has 200 valence electrons. The van der Waals surface area contributed by atoms with Crippen LogP contribution in [0.5, 0.6) is 0 Å². The van der Waals surface area contributed by atoms with E-state index in [9.17, 15) is 9.18 Å². The second kappa shape index (κ2) is 11.5. The maximum absolute atomic E-state index is 15.0. The smallest absolute Gasteiger partial charge is 0.257 e. The Morgan fingerprint density at radius 1 is 1.27 bits per heavy atom. The predicted octanol–water partition coefficient (Wildman–Crippen LogP) is 6.04. The highest BCUT2D eigenvalue weighted by atomic mass is 35.5. The second-order valence-electron chi connectivity index (χ2n) is 10.8. The maximum Gasteiger partial charge on any atom is 0.257 e. The van der Waals surface area contributed by atoms with E-state index in [1.165, 1.54) is 0 Å². The van der Waals surface area contributed by atoms with Gasteiger partial charge in [-0.1, -0.05) is 37.3 Å². The summed E-state index contributed by atoms with van der Waals surface area (Å²) in [6.07, 6.45) is 1.93. The Kier molecular flexibility index (Phi) is 8.52. The molecule has 0 spiro atoms. The van der Waals surface area contributed by atoms with Crippen molar-refractivity contribution in [3.63, 3.8) is 0 Å². The number of hydrogen-bond acceptors (Lipinski definition) is 5. The largest absolute Gasteiger partial charge is 0.361 e. The molecule has 0 aliphatic carbocycles. The van der Waals surface area contributed by atoms with Gasteiger partial charge in [-0.15, -0.1) is 0 Å². The number of nitrogens with zero attached hydrogens (tertiary/aromatic N) is 3. The maximum atomic E-state index is 15.0. The monoisotopic (exact) mass is 549 g/mol. The molecule has 2 heterocycles. The minimum absolute atomic E-state index is 0.0380. The SMILES string of the molecule is CN1CCC[C@@H](Nc2nc3c(F)c(F)cc(C(=O)Nc4cccc(Cl)c4)c3n2COCC[Si](C)(C)C)C1. The summed E-state index contributed by atoms with van der Waals surface area (Å²) in [4.78, 5) is 20.0. The molecule has 1 aliphatic rings. The molecule has 1 aliphatic heterocycles. The first kappa shape index (κ1) is 27.5. The fraction of sp³-hybridized carbons (Fsp3) is 0.462. The number of anilines is 2. The predicted molar refractivity (Wildman–Crippen MR) is 147 cm³/mol. The number of aromatic nitrogens is 2. The third-order valence-electron chi connectivity index (χ3n) is 6.41. The van der Waals surface area contributed by atoms with E-state index >= 15 is 4.39 Å². The fourth-order valence-electron chi connectivity index (χ4n) is 4.43. The van der Waals surface area contributed by atoms with Crippen molar-refractivity contribution in [1.29, 1.82) is 0 Å². The number of fused-ring (bicyclic) bond motifs is 1. The number of likely N-dealkylation sites (N-methyl/N-ethyl adjacent to an activating group) is 1. The summed E-state index contributed by atoms with van der Waals surface area (Å²) >= 11 is 6.05. The van der Waals surface area contributed by atoms with Gasteiger partial charge in [0.05, 0.1) is 11.1 Å². The molecule has 0 saturated carbocycles. The van der Waals surface area contributed by atoms with Crippen molar-refractivity contribution in [1.82, 2.24) is 14.5 Å². The Morgan fingerprint density at radius 2 is 2.05 bits per heavy atom. The Balaban J connectivity index is 1.74. The van der Waals surface area contributed by atoms with E-state index in [1.54, 1.807) is 28.8 Å². The summed E-state index contributed by atoms with van der Waals surface area (Å²) in [5, 5.41) is 6.57. The third-order valence-corrected chi connectivity index (χ3v) is 8.35. The number of benzene rings is 2. The van der Waals surface area contributed by atoms with Gasteiger partial charge in [-0.2, -0.15) is 0 Å². The number of likely N-dealkylation sites (tertiary alicyclic amines) is 1. The highest BCUT2D eigenvalue weighted by Gasteiger charge is 2.27. The lowest BCUT2D eigenvalue weighted by atomic mass is 10.1. The zero-order valence-corrected chi connectivity index (χ0v) is 23.5. The van der Waals surface area contributed by atoms with E-state index < -0.39 is 25.6 Å². The van der Waals surface area contributed by atoms with Crippen LogP contribution in [0.15, 0.2) is 30.3 Å². The van der Waals surface area contributed by atoms with E-state index in [4.69, 9.17) is 16.3 Å². The standard InChI is InChI=1S/C26H34ClF2N5O2Si/c1-33-10-6-9-19(15-33)31-26-32-23-22(29)21(28)14-20(25(35)30-18-8-5-7-17(27)13-18)24(23)34(26)16-36-11-12-37(2,3)4/h5,7-8,13-14,19H,6,9-12,15-16H2,1-4H3,(H,30,35)(H,31,32)/t19-/m1/s1. The Labute approximate surface area is 222 Å². The zero-order valence-electron chi connectivity index (χ0n) is 21.7. The number of hydrogen-bond donors (Lipinski definition) is 2. The van der Waals surface area contributed by atoms with Crippen LogP contribution >= 0.6 is 11.6 Å². The van der Waals surface area contributed by atoms with Gasteiger partial charge in [0, 0.05) is 38.0 Å². The highest BCUT2D eigenvalue weighted by Crippen LogP contribution is 2.30. The zero-order chi connectivity index (χ0) is 26.7. The van der Waals surface area contributed by atoms with E-state index in [0.29, 0.717) is 23.3 Å². The van der Waals surface area contributed by atoms with Gasteiger partial charge in [-0.3, -0.25) is 9.36 Å². The average Bonchev–Trinajstić information content (AvgIpc) is 3.16. The van der Waals surface area contributed by atoms with Gasteiger partial charge in [0.1, 0.15) is 12.2 Å². The number of ether oxygens (including phenoxy) is 1. The number of amides is 1. The van der Waals surface area contributed by atoms with Gasteiger partial charge in [-0.25, -0.2) is 13.8 Å². The molecule has 1 fully saturated rings. The third kappa shape index (κ3) is 6.87. The van der Waals surface area contributed by atoms with Crippen molar-refractivity contribution in [3.05, 3.63) is 52.6 Å². The van der Waals surface area contributed by atoms with Crippen molar-refractivity contribution in [3.8, 4) is 0 Å². The van der Waals surface area contributed by atoms with Gasteiger partial charge in [0.25, 0.3) is 5.91 Å². The normalized spacial score (nSPS) is 16.8. The average molecular weight is 550 g/mol. The van der Waals surface area contributed by atoms with Crippen molar-refractivity contribution in [2.24, 2.45) is 0 Å². The molecule has 11 heteroatoms. The van der Waals surface area contributed by atoms with E-state index in [2.05, 4.69) is 40.2 Å². The number of carbonyl (C=O) groups excluding carboxylic acids is 1. The van der Waals surface area contributed by atoms with E-state index in [1.807, 2.05) is 7.05 Å². The highest BCUT2D eigenvalue weighted by molar-refractivity contribution is 6.76. The van der Waals surface area contributed by atoms with Crippen LogP contribution in [0.25, 0.3) is 11.0 Å². The topological polar surface area (TPSA) is 71.4 Å². The Morgan fingerprint density at radius 3 is 2.76 bits per heavy atom. The number of piperidine rings is 1. The van der Waals surface area contributed by atoms with Crippen molar-refractivity contribution in [2.45, 2.75) is 51.3 Å². The molecule has 4 rings (SSSR count). The molecule has 3 aromatic rings. The molecule has 1 atom stereocenters. The molecular weight excluding hydrogens is 516 g/mol. The summed E-state index contributed by atoms with van der Waals surface area (Å²) < 4.78 is 37.3. The first-order valence-electron chi connectivity index (χ1n) is 12.5. The molecule has 1 saturated heterocycles. The van der Waals surface area contributed by atoms with Crippen LogP contribution in [0, 0.1) is 11.6 Å². The fourth-order valence-corrected chi connectivity index (χ4v) is 5.37. The van der Waals surface area contributed by atoms with Crippen LogP contribution in [0.2, 0.25) is 30.7 Å². The van der Waals surface area contributed by atoms with Gasteiger partial charge in [0.15, 0.2) is 11.6 Å². The lowest BCUT2D eigenvalue weighted by Gasteiger charge is -2.30. The van der Waals surface area contributed by atoms with Gasteiger partial charge < -0.3 is 20.3 Å². The van der Waals surface area contributed by atoms with Crippen LogP contribution in [-0.4, -0.2) is 61.2 Å². The molecule has 0 bridgehead atoms. The van der Waals surface area contributed by atoms with E-state index in [0.717, 1.165) is 38.0 Å². The number of halogens is 3. The molecule has 0 radical (unpaired) electrons. The summed E-state index contributed by atoms with van der Waals surface area (Å²) in [5.74, 6) is -2.49. The van der Waals surface area contributed by atoms with Gasteiger partial charge >= 0.3 is 0 Å². The summed E-state index contributed by atoms with van der Waals surface area (Å²) in [6.45, 7) is 9.13. The second-order valence-corrected chi connectivity index (χ2v) is 16.9. The minimum atomic E-state index is -1.34. The van der Waals surface area contributed by atoms with Crippen LogP contribution in [0.3, 0.4) is 0 Å². The lowest BCUT2D eigenvalue weighted by Crippen LogP contribution is -2.40. The van der Waals surface area contributed by atoms with Crippen molar-refractivity contribution < 1.29 is 18.3 Å². The quantitative estimate of drug-likeness (QED) is 0.251. The number of carbonyl (C=O) groups is 1. The van der Waals surface area contributed by atoms with Crippen LogP contribution in [0.1, 0.15) is 23.2 Å².